The van der Waals surface area contributed by atoms with Crippen molar-refractivity contribution in [2.45, 2.75) is 71.6 Å². The Kier molecular flexibility index (Phi) is 8.94. The third-order valence-corrected chi connectivity index (χ3v) is 3.45. The van der Waals surface area contributed by atoms with Gasteiger partial charge in [-0.15, -0.1) is 0 Å². The summed E-state index contributed by atoms with van der Waals surface area (Å²) in [6, 6.07) is -2.37. The van der Waals surface area contributed by atoms with Gasteiger partial charge in [-0.3, -0.25) is 9.59 Å². The Morgan fingerprint density at radius 1 is 1.16 bits per heavy atom. The maximum Gasteiger partial charge on any atom is 0.408 e. The lowest BCUT2D eigenvalue weighted by Crippen LogP contribution is -2.56. The van der Waals surface area contributed by atoms with E-state index in [1.54, 1.807) is 27.7 Å². The van der Waals surface area contributed by atoms with Gasteiger partial charge in [0.05, 0.1) is 12.0 Å². The minimum Gasteiger partial charge on any atom is -0.548 e. The van der Waals surface area contributed by atoms with Gasteiger partial charge in [0.1, 0.15) is 11.6 Å². The average molecular weight is 358 g/mol. The molecule has 0 aliphatic heterocycles. The maximum absolute atomic E-state index is 12.4. The monoisotopic (exact) mass is 358 g/mol. The number of hydrogen-bond donors (Lipinski definition) is 3. The van der Waals surface area contributed by atoms with Gasteiger partial charge in [0.2, 0.25) is 11.8 Å². The first-order valence-electron chi connectivity index (χ1n) is 8.16. The van der Waals surface area contributed by atoms with Crippen LogP contribution in [-0.4, -0.2) is 41.6 Å². The summed E-state index contributed by atoms with van der Waals surface area (Å²) in [4.78, 5) is 46.3. The molecule has 0 bridgehead atoms. The van der Waals surface area contributed by atoms with Crippen molar-refractivity contribution in [3.63, 3.8) is 0 Å². The van der Waals surface area contributed by atoms with Gasteiger partial charge in [0.15, 0.2) is 0 Å². The molecule has 0 unspecified atom stereocenters. The quantitative estimate of drug-likeness (QED) is 0.502. The van der Waals surface area contributed by atoms with Crippen LogP contribution in [0, 0.1) is 5.92 Å². The molecule has 25 heavy (non-hydrogen) atoms. The fourth-order valence-corrected chi connectivity index (χ4v) is 1.93. The van der Waals surface area contributed by atoms with Gasteiger partial charge in [0, 0.05) is 6.42 Å². The summed E-state index contributed by atoms with van der Waals surface area (Å²) < 4.78 is 5.12. The highest BCUT2D eigenvalue weighted by Crippen LogP contribution is 2.12. The lowest BCUT2D eigenvalue weighted by Gasteiger charge is -2.28. The molecular formula is C16H28N3O6-. The fourth-order valence-electron chi connectivity index (χ4n) is 1.93. The minimum atomic E-state index is -1.53. The number of aliphatic carboxylic acids is 1. The van der Waals surface area contributed by atoms with Crippen molar-refractivity contribution in [1.82, 2.24) is 10.6 Å². The summed E-state index contributed by atoms with van der Waals surface area (Å²) in [5, 5.41) is 15.9. The predicted molar refractivity (Wildman–Crippen MR) is 88.0 cm³/mol. The zero-order chi connectivity index (χ0) is 19.8. The molecule has 0 aromatic carbocycles. The van der Waals surface area contributed by atoms with Crippen LogP contribution in [0.5, 0.6) is 0 Å². The van der Waals surface area contributed by atoms with E-state index in [1.165, 1.54) is 0 Å². The van der Waals surface area contributed by atoms with Crippen molar-refractivity contribution in [2.75, 3.05) is 0 Å². The minimum absolute atomic E-state index is 0.191. The number of carbonyl (C=O) groups excluding carboxylic acids is 4. The Bertz CT molecular complexity index is 501. The van der Waals surface area contributed by atoms with Crippen LogP contribution < -0.4 is 21.5 Å². The molecule has 0 aromatic rings. The first-order valence-corrected chi connectivity index (χ1v) is 8.16. The Morgan fingerprint density at radius 3 is 2.12 bits per heavy atom. The van der Waals surface area contributed by atoms with Gasteiger partial charge in [-0.25, -0.2) is 4.79 Å². The fraction of sp³-hybridized carbons (Fsp3) is 0.750. The summed E-state index contributed by atoms with van der Waals surface area (Å²) in [5.74, 6) is -3.19. The van der Waals surface area contributed by atoms with Crippen LogP contribution in [-0.2, 0) is 19.1 Å². The second-order valence-electron chi connectivity index (χ2n) is 6.89. The molecule has 0 fully saturated rings. The summed E-state index contributed by atoms with van der Waals surface area (Å²) in [6.07, 6.45) is -0.629. The zero-order valence-electron chi connectivity index (χ0n) is 15.4. The van der Waals surface area contributed by atoms with Crippen LogP contribution in [0.2, 0.25) is 0 Å². The van der Waals surface area contributed by atoms with Gasteiger partial charge in [0.25, 0.3) is 0 Å². The number of nitrogens with two attached hydrogens (primary N) is 1. The van der Waals surface area contributed by atoms with Crippen molar-refractivity contribution in [1.29, 1.82) is 0 Å². The molecule has 3 amide bonds. The topological polar surface area (TPSA) is 151 Å². The number of primary amides is 1. The van der Waals surface area contributed by atoms with E-state index in [9.17, 15) is 24.3 Å². The lowest BCUT2D eigenvalue weighted by molar-refractivity contribution is -0.308. The van der Waals surface area contributed by atoms with E-state index in [0.717, 1.165) is 0 Å². The standard InChI is InChI=1S/C16H29N3O6/c1-6-9(2)12(19-15(24)25-16(3,4)5)13(21)18-10(14(22)23)7-8-11(17)20/h9-10,12H,6-8H2,1-5H3,(H2,17,20)(H,18,21)(H,19,24)(H,22,23)/p-1/t9-,10+,12+/m1/s1. The molecule has 0 aromatic heterocycles. The summed E-state index contributed by atoms with van der Waals surface area (Å²) >= 11 is 0. The molecular weight excluding hydrogens is 330 g/mol. The Morgan fingerprint density at radius 2 is 1.72 bits per heavy atom. The lowest BCUT2D eigenvalue weighted by atomic mass is 9.98. The van der Waals surface area contributed by atoms with E-state index in [0.29, 0.717) is 6.42 Å². The molecule has 9 nitrogen and oxygen atoms in total. The van der Waals surface area contributed by atoms with E-state index < -0.39 is 41.6 Å². The van der Waals surface area contributed by atoms with Gasteiger partial charge >= 0.3 is 6.09 Å². The number of ether oxygens (including phenoxy) is 1. The van der Waals surface area contributed by atoms with Gasteiger partial charge < -0.3 is 31.0 Å². The summed E-state index contributed by atoms with van der Waals surface area (Å²) in [6.45, 7) is 8.60. The normalized spacial score (nSPS) is 14.8. The van der Waals surface area contributed by atoms with Crippen LogP contribution in [0.3, 0.4) is 0 Å². The molecule has 9 heteroatoms. The van der Waals surface area contributed by atoms with Gasteiger partial charge in [-0.2, -0.15) is 0 Å². The number of carboxylic acids is 1. The van der Waals surface area contributed by atoms with Crippen molar-refractivity contribution in [3.8, 4) is 0 Å². The number of nitrogens with one attached hydrogen (secondary N) is 2. The third-order valence-electron chi connectivity index (χ3n) is 3.45. The van der Waals surface area contributed by atoms with Crippen LogP contribution in [0.15, 0.2) is 0 Å². The Balaban J connectivity index is 5.06. The molecule has 0 aliphatic rings. The number of amides is 3. The Hall–Kier alpha value is -2.32. The summed E-state index contributed by atoms with van der Waals surface area (Å²) in [7, 11) is 0. The highest BCUT2D eigenvalue weighted by atomic mass is 16.6. The molecule has 3 atom stereocenters. The molecule has 0 aliphatic carbocycles. The highest BCUT2D eigenvalue weighted by molar-refractivity contribution is 5.89. The van der Waals surface area contributed by atoms with Crippen LogP contribution in [0.4, 0.5) is 4.79 Å². The largest absolute Gasteiger partial charge is 0.548 e. The van der Waals surface area contributed by atoms with Crippen LogP contribution in [0.25, 0.3) is 0 Å². The first-order chi connectivity index (χ1) is 11.4. The molecule has 0 saturated heterocycles. The van der Waals surface area contributed by atoms with E-state index in [1.807, 2.05) is 6.92 Å². The van der Waals surface area contributed by atoms with E-state index in [-0.39, 0.29) is 18.8 Å². The average Bonchev–Trinajstić information content (AvgIpc) is 2.45. The molecule has 4 N–H and O–H groups in total. The van der Waals surface area contributed by atoms with Crippen molar-refractivity contribution < 1.29 is 29.0 Å². The van der Waals surface area contributed by atoms with Gasteiger partial charge in [-0.1, -0.05) is 20.3 Å². The molecule has 0 spiro atoms. The smallest absolute Gasteiger partial charge is 0.408 e. The second-order valence-corrected chi connectivity index (χ2v) is 6.89. The van der Waals surface area contributed by atoms with Crippen LogP contribution >= 0.6 is 0 Å². The van der Waals surface area contributed by atoms with Gasteiger partial charge in [-0.05, 0) is 33.1 Å². The predicted octanol–water partition coefficient (Wildman–Crippen LogP) is -0.574. The first kappa shape index (κ1) is 22.7. The van der Waals surface area contributed by atoms with E-state index >= 15 is 0 Å². The number of carboxylic acid groups (broad SMARTS) is 1. The van der Waals surface area contributed by atoms with Crippen molar-refractivity contribution in [3.05, 3.63) is 0 Å². The number of rotatable bonds is 9. The molecule has 0 heterocycles. The second kappa shape index (κ2) is 9.85. The van der Waals surface area contributed by atoms with Crippen molar-refractivity contribution in [2.24, 2.45) is 11.7 Å². The number of carbonyl (C=O) groups is 4. The maximum atomic E-state index is 12.4. The number of hydrogen-bond acceptors (Lipinski definition) is 6. The van der Waals surface area contributed by atoms with Crippen molar-refractivity contribution >= 4 is 23.9 Å². The zero-order valence-corrected chi connectivity index (χ0v) is 15.4. The van der Waals surface area contributed by atoms with E-state index in [4.69, 9.17) is 10.5 Å². The Labute approximate surface area is 147 Å². The molecule has 0 rings (SSSR count). The summed E-state index contributed by atoms with van der Waals surface area (Å²) in [5.41, 5.74) is 4.25. The molecule has 144 valence electrons. The third kappa shape index (κ3) is 9.53. The van der Waals surface area contributed by atoms with Crippen LogP contribution in [0.1, 0.15) is 53.9 Å². The number of alkyl carbamates (subject to hydrolysis) is 1. The van der Waals surface area contributed by atoms with E-state index in [2.05, 4.69) is 10.6 Å². The highest BCUT2D eigenvalue weighted by Gasteiger charge is 2.29. The molecule has 0 radical (unpaired) electrons. The molecule has 0 saturated carbocycles. The SMILES string of the molecule is CC[C@@H](C)[C@H](NC(=O)OC(C)(C)C)C(=O)N[C@@H](CCC(N)=O)C(=O)[O-].